The summed E-state index contributed by atoms with van der Waals surface area (Å²) < 4.78 is 5.79. The zero-order chi connectivity index (χ0) is 18.7. The Morgan fingerprint density at radius 3 is 2.65 bits per heavy atom. The number of benzene rings is 2. The SMILES string of the molecule is CCC1Oc2cc(C(C)NCc3ccc(C(=O)O)cc3)ccc2NC1=O. The van der Waals surface area contributed by atoms with Gasteiger partial charge in [0.1, 0.15) is 5.75 Å². The van der Waals surface area contributed by atoms with Gasteiger partial charge in [-0.2, -0.15) is 0 Å². The van der Waals surface area contributed by atoms with Crippen LogP contribution in [-0.4, -0.2) is 23.1 Å². The third-order valence-electron chi connectivity index (χ3n) is 4.51. The second-order valence-electron chi connectivity index (χ2n) is 6.36. The minimum atomic E-state index is -0.926. The maximum absolute atomic E-state index is 11.8. The first kappa shape index (κ1) is 17.9. The van der Waals surface area contributed by atoms with Gasteiger partial charge in [-0.3, -0.25) is 4.79 Å². The number of rotatable bonds is 6. The number of hydrogen-bond donors (Lipinski definition) is 3. The smallest absolute Gasteiger partial charge is 0.335 e. The third-order valence-corrected chi connectivity index (χ3v) is 4.51. The van der Waals surface area contributed by atoms with E-state index in [2.05, 4.69) is 10.6 Å². The molecule has 1 aliphatic heterocycles. The quantitative estimate of drug-likeness (QED) is 0.740. The molecule has 2 aromatic carbocycles. The van der Waals surface area contributed by atoms with Gasteiger partial charge in [0.05, 0.1) is 11.3 Å². The van der Waals surface area contributed by atoms with Crippen molar-refractivity contribution in [2.75, 3.05) is 5.32 Å². The molecule has 1 heterocycles. The minimum Gasteiger partial charge on any atom is -0.478 e. The van der Waals surface area contributed by atoms with Gasteiger partial charge >= 0.3 is 5.97 Å². The van der Waals surface area contributed by atoms with Crippen LogP contribution in [0.4, 0.5) is 5.69 Å². The van der Waals surface area contributed by atoms with Crippen molar-refractivity contribution in [1.82, 2.24) is 5.32 Å². The number of anilines is 1. The standard InChI is InChI=1S/C20H22N2O4/c1-3-17-19(23)22-16-9-8-15(10-18(16)26-17)12(2)21-11-13-4-6-14(7-5-13)20(24)25/h4-10,12,17,21H,3,11H2,1-2H3,(H,22,23)(H,24,25). The summed E-state index contributed by atoms with van der Waals surface area (Å²) in [5.41, 5.74) is 3.03. The molecule has 2 atom stereocenters. The lowest BCUT2D eigenvalue weighted by atomic mass is 10.1. The average molecular weight is 354 g/mol. The van der Waals surface area contributed by atoms with Gasteiger partial charge in [0.15, 0.2) is 6.10 Å². The van der Waals surface area contributed by atoms with Crippen LogP contribution in [0.5, 0.6) is 5.75 Å². The van der Waals surface area contributed by atoms with Gasteiger partial charge in [-0.1, -0.05) is 25.1 Å². The molecule has 0 aromatic heterocycles. The van der Waals surface area contributed by atoms with Crippen LogP contribution < -0.4 is 15.4 Å². The Balaban J connectivity index is 1.66. The number of ether oxygens (including phenoxy) is 1. The number of nitrogens with one attached hydrogen (secondary N) is 2. The number of carboxylic acid groups (broad SMARTS) is 1. The van der Waals surface area contributed by atoms with Gasteiger partial charge in [0.25, 0.3) is 5.91 Å². The van der Waals surface area contributed by atoms with Gasteiger partial charge < -0.3 is 20.5 Å². The molecule has 0 saturated carbocycles. The normalized spacial score (nSPS) is 17.0. The molecule has 6 heteroatoms. The molecule has 0 radical (unpaired) electrons. The first-order valence-corrected chi connectivity index (χ1v) is 8.65. The van der Waals surface area contributed by atoms with E-state index in [4.69, 9.17) is 9.84 Å². The first-order valence-electron chi connectivity index (χ1n) is 8.65. The van der Waals surface area contributed by atoms with E-state index in [0.717, 1.165) is 11.1 Å². The fourth-order valence-electron chi connectivity index (χ4n) is 2.85. The van der Waals surface area contributed by atoms with Crippen molar-refractivity contribution in [3.63, 3.8) is 0 Å². The zero-order valence-corrected chi connectivity index (χ0v) is 14.8. The van der Waals surface area contributed by atoms with E-state index in [-0.39, 0.29) is 17.5 Å². The van der Waals surface area contributed by atoms with E-state index in [1.54, 1.807) is 24.3 Å². The molecule has 0 bridgehead atoms. The number of carbonyl (C=O) groups excluding carboxylic acids is 1. The van der Waals surface area contributed by atoms with Crippen LogP contribution in [0, 0.1) is 0 Å². The van der Waals surface area contributed by atoms with Crippen LogP contribution in [0.1, 0.15) is 47.8 Å². The number of hydrogen-bond acceptors (Lipinski definition) is 4. The molecule has 2 aromatic rings. The summed E-state index contributed by atoms with van der Waals surface area (Å²) >= 11 is 0. The van der Waals surface area contributed by atoms with E-state index >= 15 is 0 Å². The van der Waals surface area contributed by atoms with Crippen molar-refractivity contribution in [3.05, 3.63) is 59.2 Å². The highest BCUT2D eigenvalue weighted by Gasteiger charge is 2.26. The lowest BCUT2D eigenvalue weighted by Crippen LogP contribution is -2.36. The number of fused-ring (bicyclic) bond motifs is 1. The van der Waals surface area contributed by atoms with Crippen LogP contribution in [0.2, 0.25) is 0 Å². The topological polar surface area (TPSA) is 87.7 Å². The predicted octanol–water partition coefficient (Wildman–Crippen LogP) is 3.35. The third kappa shape index (κ3) is 3.86. The van der Waals surface area contributed by atoms with Gasteiger partial charge in [0.2, 0.25) is 0 Å². The summed E-state index contributed by atoms with van der Waals surface area (Å²) in [6.07, 6.45) is 0.170. The van der Waals surface area contributed by atoms with Crippen molar-refractivity contribution in [2.24, 2.45) is 0 Å². The maximum Gasteiger partial charge on any atom is 0.335 e. The maximum atomic E-state index is 11.8. The first-order chi connectivity index (χ1) is 12.5. The van der Waals surface area contributed by atoms with E-state index in [0.29, 0.717) is 24.4 Å². The number of carbonyl (C=O) groups is 2. The van der Waals surface area contributed by atoms with Crippen molar-refractivity contribution >= 4 is 17.6 Å². The second-order valence-corrected chi connectivity index (χ2v) is 6.36. The lowest BCUT2D eigenvalue weighted by molar-refractivity contribution is -0.123. The Morgan fingerprint density at radius 2 is 2.00 bits per heavy atom. The van der Waals surface area contributed by atoms with E-state index in [1.807, 2.05) is 32.0 Å². The zero-order valence-electron chi connectivity index (χ0n) is 14.8. The summed E-state index contributed by atoms with van der Waals surface area (Å²) in [6.45, 7) is 4.58. The summed E-state index contributed by atoms with van der Waals surface area (Å²) in [5, 5.41) is 15.2. The Morgan fingerprint density at radius 1 is 1.27 bits per heavy atom. The summed E-state index contributed by atoms with van der Waals surface area (Å²) in [6, 6.07) is 12.6. The molecular weight excluding hydrogens is 332 g/mol. The lowest BCUT2D eigenvalue weighted by Gasteiger charge is -2.26. The Labute approximate surface area is 152 Å². The summed E-state index contributed by atoms with van der Waals surface area (Å²) in [4.78, 5) is 22.7. The van der Waals surface area contributed by atoms with Gasteiger partial charge in [-0.05, 0) is 48.7 Å². The fourth-order valence-corrected chi connectivity index (χ4v) is 2.85. The van der Waals surface area contributed by atoms with Gasteiger partial charge in [-0.15, -0.1) is 0 Å². The van der Waals surface area contributed by atoms with E-state index in [9.17, 15) is 9.59 Å². The van der Waals surface area contributed by atoms with Crippen LogP contribution >= 0.6 is 0 Å². The molecule has 3 N–H and O–H groups in total. The monoisotopic (exact) mass is 354 g/mol. The second kappa shape index (κ2) is 7.58. The molecule has 0 spiro atoms. The van der Waals surface area contributed by atoms with Crippen LogP contribution in [0.25, 0.3) is 0 Å². The molecule has 0 saturated heterocycles. The van der Waals surface area contributed by atoms with Gasteiger partial charge in [0, 0.05) is 12.6 Å². The largest absolute Gasteiger partial charge is 0.478 e. The van der Waals surface area contributed by atoms with E-state index in [1.165, 1.54) is 0 Å². The average Bonchev–Trinajstić information content (AvgIpc) is 2.65. The summed E-state index contributed by atoms with van der Waals surface area (Å²) in [7, 11) is 0. The summed E-state index contributed by atoms with van der Waals surface area (Å²) in [5.74, 6) is -0.346. The molecule has 0 aliphatic carbocycles. The molecule has 1 aliphatic rings. The Kier molecular flexibility index (Phi) is 5.23. The minimum absolute atomic E-state index is 0.0701. The molecule has 3 rings (SSSR count). The molecular formula is C20H22N2O4. The highest BCUT2D eigenvalue weighted by Crippen LogP contribution is 2.33. The highest BCUT2D eigenvalue weighted by molar-refractivity contribution is 5.97. The van der Waals surface area contributed by atoms with Crippen LogP contribution in [0.3, 0.4) is 0 Å². The molecule has 26 heavy (non-hydrogen) atoms. The van der Waals surface area contributed by atoms with Gasteiger partial charge in [-0.25, -0.2) is 4.79 Å². The Hall–Kier alpha value is -2.86. The number of carboxylic acids is 1. The Bertz CT molecular complexity index is 817. The van der Waals surface area contributed by atoms with Crippen LogP contribution in [0.15, 0.2) is 42.5 Å². The van der Waals surface area contributed by atoms with E-state index < -0.39 is 12.1 Å². The number of amides is 1. The molecule has 6 nitrogen and oxygen atoms in total. The molecule has 2 unspecified atom stereocenters. The predicted molar refractivity (Wildman–Crippen MR) is 98.4 cm³/mol. The molecule has 1 amide bonds. The highest BCUT2D eigenvalue weighted by atomic mass is 16.5. The van der Waals surface area contributed by atoms with Crippen molar-refractivity contribution in [2.45, 2.75) is 39.0 Å². The van der Waals surface area contributed by atoms with Crippen molar-refractivity contribution in [1.29, 1.82) is 0 Å². The van der Waals surface area contributed by atoms with Crippen LogP contribution in [-0.2, 0) is 11.3 Å². The molecule has 0 fully saturated rings. The molecule has 136 valence electrons. The fraction of sp³-hybridized carbons (Fsp3) is 0.300. The van der Waals surface area contributed by atoms with Crippen molar-refractivity contribution in [3.8, 4) is 5.75 Å². The van der Waals surface area contributed by atoms with Crippen molar-refractivity contribution < 1.29 is 19.4 Å². The number of aromatic carboxylic acids is 1.